The maximum Gasteiger partial charge on any atom is 0.417 e. The topological polar surface area (TPSA) is 84.7 Å². The van der Waals surface area contributed by atoms with Crippen molar-refractivity contribution in [2.24, 2.45) is 0 Å². The number of hydrogen-bond donors (Lipinski definition) is 2. The summed E-state index contributed by atoms with van der Waals surface area (Å²) < 4.78 is 40.6. The van der Waals surface area contributed by atoms with E-state index in [9.17, 15) is 18.0 Å². The molecule has 3 aromatic rings. The first kappa shape index (κ1) is 20.3. The fourth-order valence-electron chi connectivity index (χ4n) is 2.78. The summed E-state index contributed by atoms with van der Waals surface area (Å²) in [6.07, 6.45) is -4.59. The molecule has 0 saturated heterocycles. The molecule has 0 radical (unpaired) electrons. The van der Waals surface area contributed by atoms with E-state index in [-0.39, 0.29) is 13.1 Å². The number of hydrogen-bond acceptors (Lipinski definition) is 5. The van der Waals surface area contributed by atoms with Gasteiger partial charge in [0.2, 0.25) is 0 Å². The zero-order valence-corrected chi connectivity index (χ0v) is 15.8. The van der Waals surface area contributed by atoms with Gasteiger partial charge in [0.05, 0.1) is 16.8 Å². The van der Waals surface area contributed by atoms with Crippen LogP contribution >= 0.6 is 0 Å². The summed E-state index contributed by atoms with van der Waals surface area (Å²) in [5, 5.41) is 17.9. The maximum absolute atomic E-state index is 13.0. The Balaban J connectivity index is 1.53. The number of nitrogens with zero attached hydrogens (tertiary/aromatic N) is 4. The molecule has 3 rings (SSSR count). The minimum absolute atomic E-state index is 0.117. The lowest BCUT2D eigenvalue weighted by Gasteiger charge is -2.13. The number of benzene rings is 1. The fraction of sp³-hybridized carbons (Fsp3) is 0.263. The number of aromatic nitrogens is 4. The molecule has 2 aromatic heterocycles. The second-order valence-corrected chi connectivity index (χ2v) is 6.34. The van der Waals surface area contributed by atoms with E-state index in [1.54, 1.807) is 16.8 Å². The Hall–Kier alpha value is -3.43. The van der Waals surface area contributed by atoms with Crippen LogP contribution in [0.4, 0.5) is 19.0 Å². The van der Waals surface area contributed by atoms with E-state index in [0.29, 0.717) is 11.6 Å². The third kappa shape index (κ3) is 4.89. The van der Waals surface area contributed by atoms with Crippen molar-refractivity contribution in [1.82, 2.24) is 25.3 Å². The van der Waals surface area contributed by atoms with Gasteiger partial charge in [-0.15, -0.1) is 10.2 Å². The standard InChI is InChI=1S/C19H19F3N6O/c1-12-11-13(2)28(27-12)17-8-7-16(25-26-17)23-9-10-24-18(29)14-5-3-4-6-15(14)19(20,21)22/h3-8,11H,9-10H2,1-2H3,(H,23,25)(H,24,29). The molecule has 1 amide bonds. The molecule has 0 spiro atoms. The molecule has 1 aromatic carbocycles. The number of nitrogens with one attached hydrogen (secondary N) is 2. The summed E-state index contributed by atoms with van der Waals surface area (Å²) in [6.45, 7) is 4.18. The van der Waals surface area contributed by atoms with E-state index in [1.165, 1.54) is 12.1 Å². The van der Waals surface area contributed by atoms with Gasteiger partial charge in [-0.3, -0.25) is 4.79 Å². The molecule has 10 heteroatoms. The van der Waals surface area contributed by atoms with Crippen molar-refractivity contribution in [1.29, 1.82) is 0 Å². The normalized spacial score (nSPS) is 11.3. The molecular formula is C19H19F3N6O. The van der Waals surface area contributed by atoms with Gasteiger partial charge in [-0.2, -0.15) is 18.3 Å². The first-order chi connectivity index (χ1) is 13.8. The summed E-state index contributed by atoms with van der Waals surface area (Å²) in [5.74, 6) is 0.254. The van der Waals surface area contributed by atoms with Gasteiger partial charge in [-0.1, -0.05) is 12.1 Å². The summed E-state index contributed by atoms with van der Waals surface area (Å²) in [5.41, 5.74) is 0.429. The Labute approximate surface area is 165 Å². The minimum atomic E-state index is -4.59. The van der Waals surface area contributed by atoms with Crippen LogP contribution in [0.3, 0.4) is 0 Å². The molecule has 29 heavy (non-hydrogen) atoms. The number of halogens is 3. The quantitative estimate of drug-likeness (QED) is 0.617. The number of anilines is 1. The van der Waals surface area contributed by atoms with Crippen LogP contribution in [0, 0.1) is 13.8 Å². The summed E-state index contributed by atoms with van der Waals surface area (Å²) in [7, 11) is 0. The zero-order valence-electron chi connectivity index (χ0n) is 15.8. The Morgan fingerprint density at radius 1 is 1.07 bits per heavy atom. The molecule has 152 valence electrons. The van der Waals surface area contributed by atoms with E-state index < -0.39 is 23.2 Å². The molecule has 0 aliphatic carbocycles. The van der Waals surface area contributed by atoms with Crippen molar-refractivity contribution in [3.8, 4) is 5.82 Å². The van der Waals surface area contributed by atoms with Crippen molar-refractivity contribution in [2.45, 2.75) is 20.0 Å². The lowest BCUT2D eigenvalue weighted by atomic mass is 10.1. The number of alkyl halides is 3. The van der Waals surface area contributed by atoms with E-state index in [4.69, 9.17) is 0 Å². The van der Waals surface area contributed by atoms with Crippen molar-refractivity contribution in [2.75, 3.05) is 18.4 Å². The third-order valence-electron chi connectivity index (χ3n) is 4.07. The van der Waals surface area contributed by atoms with Crippen LogP contribution in [0.5, 0.6) is 0 Å². The van der Waals surface area contributed by atoms with Gasteiger partial charge in [0.25, 0.3) is 5.91 Å². The lowest BCUT2D eigenvalue weighted by Crippen LogP contribution is -2.30. The van der Waals surface area contributed by atoms with Crippen molar-refractivity contribution < 1.29 is 18.0 Å². The second kappa shape index (κ2) is 8.29. The fourth-order valence-corrected chi connectivity index (χ4v) is 2.78. The highest BCUT2D eigenvalue weighted by Crippen LogP contribution is 2.31. The molecule has 2 heterocycles. The van der Waals surface area contributed by atoms with Crippen LogP contribution in [-0.2, 0) is 6.18 Å². The van der Waals surface area contributed by atoms with Crippen LogP contribution in [-0.4, -0.2) is 39.0 Å². The van der Waals surface area contributed by atoms with Crippen LogP contribution < -0.4 is 10.6 Å². The molecule has 0 saturated carbocycles. The highest BCUT2D eigenvalue weighted by molar-refractivity contribution is 5.95. The SMILES string of the molecule is Cc1cc(C)n(-c2ccc(NCCNC(=O)c3ccccc3C(F)(F)F)nn2)n1. The van der Waals surface area contributed by atoms with E-state index in [2.05, 4.69) is 25.9 Å². The highest BCUT2D eigenvalue weighted by atomic mass is 19.4. The largest absolute Gasteiger partial charge is 0.417 e. The third-order valence-corrected chi connectivity index (χ3v) is 4.07. The average Bonchev–Trinajstić information content (AvgIpc) is 3.03. The van der Waals surface area contributed by atoms with Crippen molar-refractivity contribution in [3.63, 3.8) is 0 Å². The Morgan fingerprint density at radius 3 is 2.45 bits per heavy atom. The molecule has 0 aliphatic heterocycles. The average molecular weight is 404 g/mol. The lowest BCUT2D eigenvalue weighted by molar-refractivity contribution is -0.137. The van der Waals surface area contributed by atoms with Crippen molar-refractivity contribution >= 4 is 11.7 Å². The Bertz CT molecular complexity index is 998. The molecular weight excluding hydrogens is 385 g/mol. The second-order valence-electron chi connectivity index (χ2n) is 6.34. The molecule has 0 bridgehead atoms. The van der Waals surface area contributed by atoms with Crippen LogP contribution in [0.15, 0.2) is 42.5 Å². The number of aryl methyl sites for hydroxylation is 2. The summed E-state index contributed by atoms with van der Waals surface area (Å²) in [6, 6.07) is 10.0. The molecule has 0 aliphatic rings. The number of carbonyl (C=O) groups excluding carboxylic acids is 1. The van der Waals surface area contributed by atoms with Gasteiger partial charge >= 0.3 is 6.18 Å². The number of amides is 1. The van der Waals surface area contributed by atoms with Gasteiger partial charge in [0.1, 0.15) is 5.82 Å². The van der Waals surface area contributed by atoms with Gasteiger partial charge < -0.3 is 10.6 Å². The first-order valence-electron chi connectivity index (χ1n) is 8.81. The Kier molecular flexibility index (Phi) is 5.81. The van der Waals surface area contributed by atoms with E-state index >= 15 is 0 Å². The van der Waals surface area contributed by atoms with Gasteiger partial charge in [0, 0.05) is 18.8 Å². The van der Waals surface area contributed by atoms with E-state index in [0.717, 1.165) is 23.5 Å². The molecule has 2 N–H and O–H groups in total. The summed E-state index contributed by atoms with van der Waals surface area (Å²) >= 11 is 0. The molecule has 0 fully saturated rings. The van der Waals surface area contributed by atoms with Crippen LogP contribution in [0.25, 0.3) is 5.82 Å². The van der Waals surface area contributed by atoms with Crippen LogP contribution in [0.1, 0.15) is 27.3 Å². The molecule has 0 atom stereocenters. The zero-order chi connectivity index (χ0) is 21.0. The minimum Gasteiger partial charge on any atom is -0.367 e. The Morgan fingerprint density at radius 2 is 1.83 bits per heavy atom. The van der Waals surface area contributed by atoms with Gasteiger partial charge in [0.15, 0.2) is 5.82 Å². The summed E-state index contributed by atoms with van der Waals surface area (Å²) in [4.78, 5) is 12.1. The number of rotatable bonds is 6. The number of carbonyl (C=O) groups is 1. The maximum atomic E-state index is 13.0. The predicted octanol–water partition coefficient (Wildman–Crippen LogP) is 3.14. The molecule has 7 nitrogen and oxygen atoms in total. The smallest absolute Gasteiger partial charge is 0.367 e. The van der Waals surface area contributed by atoms with E-state index in [1.807, 2.05) is 19.9 Å². The van der Waals surface area contributed by atoms with Crippen LogP contribution in [0.2, 0.25) is 0 Å². The highest BCUT2D eigenvalue weighted by Gasteiger charge is 2.34. The van der Waals surface area contributed by atoms with Gasteiger partial charge in [-0.25, -0.2) is 4.68 Å². The van der Waals surface area contributed by atoms with Gasteiger partial charge in [-0.05, 0) is 44.2 Å². The predicted molar refractivity (Wildman–Crippen MR) is 101 cm³/mol. The molecule has 0 unspecified atom stereocenters. The monoisotopic (exact) mass is 404 g/mol. The first-order valence-corrected chi connectivity index (χ1v) is 8.81. The van der Waals surface area contributed by atoms with Crippen molar-refractivity contribution in [3.05, 3.63) is 65.0 Å².